The number of aromatic nitrogens is 3. The molecule has 4 aliphatic rings. The van der Waals surface area contributed by atoms with Crippen molar-refractivity contribution < 1.29 is 45.7 Å². The van der Waals surface area contributed by atoms with E-state index < -0.39 is 52.2 Å². The third-order valence-electron chi connectivity index (χ3n) is 13.8. The minimum Gasteiger partial charge on any atom is -0.497 e. The van der Waals surface area contributed by atoms with Gasteiger partial charge in [-0.25, -0.2) is 18.6 Å². The lowest BCUT2D eigenvalue weighted by molar-refractivity contribution is -0.137. The minimum absolute atomic E-state index is 0.0156. The summed E-state index contributed by atoms with van der Waals surface area (Å²) in [5, 5.41) is -0.200. The molecule has 368 valence electrons. The van der Waals surface area contributed by atoms with Gasteiger partial charge in [0.25, 0.3) is 0 Å². The maximum absolute atomic E-state index is 17.9. The Morgan fingerprint density at radius 1 is 0.870 bits per heavy atom. The molecule has 9 rings (SSSR count). The number of carbonyl (C=O) groups is 1. The number of rotatable bonds is 12. The van der Waals surface area contributed by atoms with Gasteiger partial charge in [-0.05, 0) is 106 Å². The van der Waals surface area contributed by atoms with Gasteiger partial charge in [0.1, 0.15) is 47.0 Å². The second-order valence-corrected chi connectivity index (χ2v) is 20.5. The largest absolute Gasteiger partial charge is 0.497 e. The first kappa shape index (κ1) is 48.3. The van der Waals surface area contributed by atoms with E-state index in [2.05, 4.69) is 21.8 Å². The van der Waals surface area contributed by atoms with Gasteiger partial charge >= 0.3 is 18.3 Å². The molecule has 5 aromatic rings. The number of fused-ring (bicyclic) bond motifs is 4. The van der Waals surface area contributed by atoms with Gasteiger partial charge in [0.15, 0.2) is 5.82 Å². The Hall–Kier alpha value is -5.68. The standard InChI is InChI=1S/C51H57ClF5N7O5/c1-29-20-50(21-33(53)25-63(50)22-29)28-68-47-59-44-38(46(60-47)62-26-34-12-13-35(27-62)64(34)48(65)69-49(3,4)5)19-39(52)41(43(44)54)45-42(51(55,56)57)30(2)18-40(58-45)61(23-31-8-14-36(66-6)15-9-31)24-32-10-16-37(67-7)17-11-32/h8-11,14-19,29,33-35H,12-13,20-28H2,1-7H3/t29?,33-,34?,35?,50-/m1/s1. The van der Waals surface area contributed by atoms with Crippen molar-refractivity contribution in [2.75, 3.05) is 56.8 Å². The SMILES string of the molecule is COc1ccc(CN(Cc2ccc(OC)cc2)c2cc(C)c(C(F)(F)F)c(-c3c(Cl)cc4c(N5CC6CCC(C5)N6C(=O)OC(C)(C)C)nc(OC[C@]56CC(C)CN5C[C@H](F)C6)nc4c3F)n2)cc1. The molecule has 2 bridgehead atoms. The molecule has 4 aliphatic heterocycles. The molecule has 4 saturated heterocycles. The first-order valence-corrected chi connectivity index (χ1v) is 23.7. The Bertz CT molecular complexity index is 2650. The number of amides is 1. The fraction of sp³-hybridized carbons (Fsp3) is 0.490. The lowest BCUT2D eigenvalue weighted by Crippen LogP contribution is -2.57. The van der Waals surface area contributed by atoms with Gasteiger partial charge in [-0.15, -0.1) is 0 Å². The molecule has 3 unspecified atom stereocenters. The summed E-state index contributed by atoms with van der Waals surface area (Å²) in [7, 11) is 3.11. The highest BCUT2D eigenvalue weighted by atomic mass is 35.5. The molecule has 0 saturated carbocycles. The van der Waals surface area contributed by atoms with E-state index in [4.69, 9.17) is 35.5 Å². The van der Waals surface area contributed by atoms with E-state index in [0.29, 0.717) is 50.4 Å². The second kappa shape index (κ2) is 18.6. The number of halogens is 6. The van der Waals surface area contributed by atoms with Crippen LogP contribution in [0.15, 0.2) is 60.7 Å². The van der Waals surface area contributed by atoms with Crippen LogP contribution >= 0.6 is 11.6 Å². The highest BCUT2D eigenvalue weighted by Gasteiger charge is 2.52. The Balaban J connectivity index is 1.17. The van der Waals surface area contributed by atoms with Crippen molar-refractivity contribution in [1.29, 1.82) is 0 Å². The van der Waals surface area contributed by atoms with Gasteiger partial charge in [-0.3, -0.25) is 9.80 Å². The van der Waals surface area contributed by atoms with Crippen LogP contribution in [-0.4, -0.2) is 107 Å². The molecule has 0 N–H and O–H groups in total. The Kier molecular flexibility index (Phi) is 13.0. The number of carbonyl (C=O) groups excluding carboxylic acids is 1. The molecular weight excluding hydrogens is 921 g/mol. The van der Waals surface area contributed by atoms with Gasteiger partial charge in [0, 0.05) is 51.1 Å². The maximum Gasteiger partial charge on any atom is 0.418 e. The van der Waals surface area contributed by atoms with Gasteiger partial charge in [0.2, 0.25) is 0 Å². The van der Waals surface area contributed by atoms with Crippen LogP contribution in [0, 0.1) is 18.7 Å². The van der Waals surface area contributed by atoms with Crippen LogP contribution in [0.4, 0.5) is 38.4 Å². The van der Waals surface area contributed by atoms with E-state index in [1.165, 1.54) is 19.1 Å². The average molecular weight is 979 g/mol. The van der Waals surface area contributed by atoms with E-state index in [1.807, 2.05) is 34.1 Å². The first-order chi connectivity index (χ1) is 32.7. The van der Waals surface area contributed by atoms with E-state index in [-0.39, 0.29) is 89.8 Å². The number of piperazine rings is 1. The predicted octanol–water partition coefficient (Wildman–Crippen LogP) is 10.8. The number of hydrogen-bond acceptors (Lipinski definition) is 11. The summed E-state index contributed by atoms with van der Waals surface area (Å²) < 4.78 is 102. The fourth-order valence-electron chi connectivity index (χ4n) is 10.9. The second-order valence-electron chi connectivity index (χ2n) is 20.1. The number of methoxy groups -OCH3 is 2. The quantitative estimate of drug-likeness (QED) is 0.112. The molecule has 0 radical (unpaired) electrons. The number of pyridine rings is 1. The van der Waals surface area contributed by atoms with E-state index in [0.717, 1.165) is 11.1 Å². The average Bonchev–Trinajstić information content (AvgIpc) is 3.86. The number of nitrogens with zero attached hydrogens (tertiary/aromatic N) is 7. The zero-order chi connectivity index (χ0) is 49.2. The summed E-state index contributed by atoms with van der Waals surface area (Å²) in [6.07, 6.45) is -4.18. The third kappa shape index (κ3) is 9.77. The summed E-state index contributed by atoms with van der Waals surface area (Å²) in [4.78, 5) is 35.1. The van der Waals surface area contributed by atoms with Crippen LogP contribution in [0.1, 0.15) is 75.6 Å². The van der Waals surface area contributed by atoms with Crippen LogP contribution < -0.4 is 24.0 Å². The highest BCUT2D eigenvalue weighted by molar-refractivity contribution is 6.34. The molecule has 1 amide bonds. The van der Waals surface area contributed by atoms with Gasteiger partial charge in [-0.1, -0.05) is 42.8 Å². The molecule has 6 heterocycles. The Labute approximate surface area is 403 Å². The fourth-order valence-corrected chi connectivity index (χ4v) is 11.1. The first-order valence-electron chi connectivity index (χ1n) is 23.3. The normalized spacial score (nSPS) is 22.6. The van der Waals surface area contributed by atoms with Crippen molar-refractivity contribution in [1.82, 2.24) is 24.8 Å². The number of ether oxygens (including phenoxy) is 4. The molecule has 3 aromatic carbocycles. The van der Waals surface area contributed by atoms with Gasteiger partial charge < -0.3 is 28.7 Å². The van der Waals surface area contributed by atoms with Crippen molar-refractivity contribution in [3.8, 4) is 28.8 Å². The molecule has 18 heteroatoms. The van der Waals surface area contributed by atoms with E-state index in [9.17, 15) is 9.18 Å². The molecule has 0 aliphatic carbocycles. The van der Waals surface area contributed by atoms with Gasteiger partial charge in [-0.2, -0.15) is 23.1 Å². The Morgan fingerprint density at radius 3 is 2.04 bits per heavy atom. The highest BCUT2D eigenvalue weighted by Crippen LogP contribution is 2.47. The maximum atomic E-state index is 17.9. The zero-order valence-corrected chi connectivity index (χ0v) is 40.6. The topological polar surface area (TPSA) is 106 Å². The number of aryl methyl sites for hydroxylation is 1. The van der Waals surface area contributed by atoms with Crippen LogP contribution in [0.25, 0.3) is 22.2 Å². The lowest BCUT2D eigenvalue weighted by Gasteiger charge is -2.42. The van der Waals surface area contributed by atoms with Crippen molar-refractivity contribution in [3.63, 3.8) is 0 Å². The number of hydrogen-bond donors (Lipinski definition) is 0. The molecular formula is C51H57ClF5N7O5. The monoisotopic (exact) mass is 977 g/mol. The number of alkyl halides is 4. The van der Waals surface area contributed by atoms with Gasteiger partial charge in [0.05, 0.1) is 53.7 Å². The zero-order valence-electron chi connectivity index (χ0n) is 39.8. The van der Waals surface area contributed by atoms with Crippen LogP contribution in [0.2, 0.25) is 5.02 Å². The molecule has 5 atom stereocenters. The van der Waals surface area contributed by atoms with Crippen molar-refractivity contribution in [2.24, 2.45) is 5.92 Å². The summed E-state index contributed by atoms with van der Waals surface area (Å²) >= 11 is 7.05. The van der Waals surface area contributed by atoms with E-state index >= 15 is 17.6 Å². The minimum atomic E-state index is -4.98. The number of anilines is 2. The summed E-state index contributed by atoms with van der Waals surface area (Å²) in [6.45, 7) is 10.8. The molecule has 69 heavy (non-hydrogen) atoms. The Morgan fingerprint density at radius 2 is 1.48 bits per heavy atom. The van der Waals surface area contributed by atoms with E-state index in [1.54, 1.807) is 64.2 Å². The molecule has 4 fully saturated rings. The van der Waals surface area contributed by atoms with Crippen molar-refractivity contribution in [3.05, 3.63) is 93.8 Å². The van der Waals surface area contributed by atoms with Crippen molar-refractivity contribution in [2.45, 2.75) is 109 Å². The number of benzene rings is 3. The summed E-state index contributed by atoms with van der Waals surface area (Å²) in [5.41, 5.74) is -2.71. The molecule has 12 nitrogen and oxygen atoms in total. The molecule has 2 aromatic heterocycles. The predicted molar refractivity (Wildman–Crippen MR) is 254 cm³/mol. The van der Waals surface area contributed by atoms with Crippen LogP contribution in [0.5, 0.6) is 17.5 Å². The summed E-state index contributed by atoms with van der Waals surface area (Å²) in [6, 6.07) is 16.5. The third-order valence-corrected chi connectivity index (χ3v) is 14.1. The van der Waals surface area contributed by atoms with Crippen LogP contribution in [-0.2, 0) is 24.0 Å². The lowest BCUT2D eigenvalue weighted by atomic mass is 9.91. The van der Waals surface area contributed by atoms with Crippen molar-refractivity contribution >= 4 is 40.2 Å². The van der Waals surface area contributed by atoms with Crippen LogP contribution in [0.3, 0.4) is 0 Å². The summed E-state index contributed by atoms with van der Waals surface area (Å²) in [5.74, 6) is 0.778. The smallest absolute Gasteiger partial charge is 0.418 e. The molecule has 0 spiro atoms.